The van der Waals surface area contributed by atoms with Crippen molar-refractivity contribution in [1.29, 1.82) is 0 Å². The monoisotopic (exact) mass is 200 g/mol. The molecule has 0 aromatic heterocycles. The van der Waals surface area contributed by atoms with E-state index in [9.17, 15) is 4.39 Å². The Hall–Kier alpha value is -0.700. The summed E-state index contributed by atoms with van der Waals surface area (Å²) >= 11 is 1.73. The van der Waals surface area contributed by atoms with Gasteiger partial charge in [-0.05, 0) is 36.9 Å². The molecule has 0 unspecified atom stereocenters. The van der Waals surface area contributed by atoms with Crippen molar-refractivity contribution in [3.05, 3.63) is 29.6 Å². The zero-order valence-electron chi connectivity index (χ0n) is 7.84. The number of benzene rings is 1. The average molecular weight is 200 g/mol. The first-order valence-electron chi connectivity index (χ1n) is 4.12. The molecule has 0 saturated carbocycles. The van der Waals surface area contributed by atoms with Crippen molar-refractivity contribution in [1.82, 2.24) is 0 Å². The first-order chi connectivity index (χ1) is 6.24. The Balaban J connectivity index is 2.53. The molecule has 0 aliphatic carbocycles. The SMILES string of the molecule is CSCCOc1ccc(F)c(C)c1. The normalized spacial score (nSPS) is 10.1. The smallest absolute Gasteiger partial charge is 0.126 e. The van der Waals surface area contributed by atoms with Gasteiger partial charge in [-0.25, -0.2) is 4.39 Å². The van der Waals surface area contributed by atoms with Gasteiger partial charge in [0, 0.05) is 5.75 Å². The molecule has 0 spiro atoms. The minimum atomic E-state index is -0.183. The van der Waals surface area contributed by atoms with Crippen LogP contribution in [0.2, 0.25) is 0 Å². The molecule has 0 aliphatic heterocycles. The van der Waals surface area contributed by atoms with Crippen molar-refractivity contribution in [3.8, 4) is 5.75 Å². The van der Waals surface area contributed by atoms with Gasteiger partial charge in [-0.3, -0.25) is 0 Å². The third kappa shape index (κ3) is 3.27. The number of halogens is 1. The third-order valence-electron chi connectivity index (χ3n) is 1.69. The number of rotatable bonds is 4. The van der Waals surface area contributed by atoms with E-state index in [0.717, 1.165) is 11.5 Å². The topological polar surface area (TPSA) is 9.23 Å². The van der Waals surface area contributed by atoms with E-state index in [2.05, 4.69) is 0 Å². The van der Waals surface area contributed by atoms with Crippen LogP contribution in [0.1, 0.15) is 5.56 Å². The first kappa shape index (κ1) is 10.4. The van der Waals surface area contributed by atoms with Gasteiger partial charge in [0.15, 0.2) is 0 Å². The zero-order chi connectivity index (χ0) is 9.68. The summed E-state index contributed by atoms with van der Waals surface area (Å²) < 4.78 is 18.2. The van der Waals surface area contributed by atoms with Crippen LogP contribution >= 0.6 is 11.8 Å². The second-order valence-electron chi connectivity index (χ2n) is 2.75. The van der Waals surface area contributed by atoms with Crippen LogP contribution in [-0.4, -0.2) is 18.6 Å². The summed E-state index contributed by atoms with van der Waals surface area (Å²) in [7, 11) is 0. The molecular weight excluding hydrogens is 187 g/mol. The van der Waals surface area contributed by atoms with Crippen LogP contribution in [0.25, 0.3) is 0 Å². The molecule has 0 atom stereocenters. The van der Waals surface area contributed by atoms with Gasteiger partial charge < -0.3 is 4.74 Å². The fraction of sp³-hybridized carbons (Fsp3) is 0.400. The maximum Gasteiger partial charge on any atom is 0.126 e. The van der Waals surface area contributed by atoms with Gasteiger partial charge in [-0.1, -0.05) is 0 Å². The minimum Gasteiger partial charge on any atom is -0.493 e. The lowest BCUT2D eigenvalue weighted by atomic mass is 10.2. The highest BCUT2D eigenvalue weighted by atomic mass is 32.2. The molecule has 0 amide bonds. The van der Waals surface area contributed by atoms with Crippen LogP contribution in [0.4, 0.5) is 4.39 Å². The van der Waals surface area contributed by atoms with E-state index in [1.165, 1.54) is 6.07 Å². The van der Waals surface area contributed by atoms with Crippen molar-refractivity contribution >= 4 is 11.8 Å². The predicted octanol–water partition coefficient (Wildman–Crippen LogP) is 2.88. The van der Waals surface area contributed by atoms with Crippen molar-refractivity contribution in [2.75, 3.05) is 18.6 Å². The molecule has 0 aliphatic rings. The molecule has 72 valence electrons. The molecule has 1 nitrogen and oxygen atoms in total. The first-order valence-corrected chi connectivity index (χ1v) is 5.51. The molecule has 0 heterocycles. The summed E-state index contributed by atoms with van der Waals surface area (Å²) in [4.78, 5) is 0. The Morgan fingerprint density at radius 3 is 2.85 bits per heavy atom. The fourth-order valence-corrected chi connectivity index (χ4v) is 1.20. The van der Waals surface area contributed by atoms with Crippen molar-refractivity contribution in [3.63, 3.8) is 0 Å². The zero-order valence-corrected chi connectivity index (χ0v) is 8.66. The lowest BCUT2D eigenvalue weighted by Gasteiger charge is -2.05. The van der Waals surface area contributed by atoms with E-state index in [0.29, 0.717) is 12.2 Å². The Morgan fingerprint density at radius 2 is 2.23 bits per heavy atom. The highest BCUT2D eigenvalue weighted by Crippen LogP contribution is 2.15. The quantitative estimate of drug-likeness (QED) is 0.691. The number of hydrogen-bond acceptors (Lipinski definition) is 2. The molecule has 0 saturated heterocycles. The van der Waals surface area contributed by atoms with Crippen molar-refractivity contribution in [2.45, 2.75) is 6.92 Å². The van der Waals surface area contributed by atoms with E-state index >= 15 is 0 Å². The van der Waals surface area contributed by atoms with Crippen molar-refractivity contribution < 1.29 is 9.13 Å². The number of ether oxygens (including phenoxy) is 1. The van der Waals surface area contributed by atoms with E-state index in [1.807, 2.05) is 6.26 Å². The van der Waals surface area contributed by atoms with Crippen molar-refractivity contribution in [2.24, 2.45) is 0 Å². The highest BCUT2D eigenvalue weighted by molar-refractivity contribution is 7.98. The molecule has 13 heavy (non-hydrogen) atoms. The van der Waals surface area contributed by atoms with Gasteiger partial charge in [-0.2, -0.15) is 11.8 Å². The summed E-state index contributed by atoms with van der Waals surface area (Å²) in [5, 5.41) is 0. The minimum absolute atomic E-state index is 0.183. The lowest BCUT2D eigenvalue weighted by molar-refractivity contribution is 0.343. The second-order valence-corrected chi connectivity index (χ2v) is 3.74. The van der Waals surface area contributed by atoms with Crippen LogP contribution in [0, 0.1) is 12.7 Å². The molecule has 1 aromatic rings. The summed E-state index contributed by atoms with van der Waals surface area (Å²) in [6, 6.07) is 4.81. The molecular formula is C10H13FOS. The summed E-state index contributed by atoms with van der Waals surface area (Å²) in [5.74, 6) is 1.52. The Bertz CT molecular complexity index is 276. The van der Waals surface area contributed by atoms with E-state index in [-0.39, 0.29) is 5.82 Å². The molecule has 0 fully saturated rings. The molecule has 0 radical (unpaired) electrons. The molecule has 0 N–H and O–H groups in total. The molecule has 0 bridgehead atoms. The summed E-state index contributed by atoms with van der Waals surface area (Å²) in [6.45, 7) is 2.41. The van der Waals surface area contributed by atoms with Gasteiger partial charge in [0.25, 0.3) is 0 Å². The Morgan fingerprint density at radius 1 is 1.46 bits per heavy atom. The largest absolute Gasteiger partial charge is 0.493 e. The lowest BCUT2D eigenvalue weighted by Crippen LogP contribution is -1.99. The van der Waals surface area contributed by atoms with E-state index in [4.69, 9.17) is 4.74 Å². The van der Waals surface area contributed by atoms with Crippen LogP contribution in [-0.2, 0) is 0 Å². The standard InChI is InChI=1S/C10H13FOS/c1-8-7-9(3-4-10(8)11)12-5-6-13-2/h3-4,7H,5-6H2,1-2H3. The van der Waals surface area contributed by atoms with E-state index in [1.54, 1.807) is 30.8 Å². The summed E-state index contributed by atoms with van der Waals surface area (Å²) in [5.41, 5.74) is 0.627. The molecule has 1 aromatic carbocycles. The van der Waals surface area contributed by atoms with Gasteiger partial charge in [0.2, 0.25) is 0 Å². The maximum absolute atomic E-state index is 12.8. The van der Waals surface area contributed by atoms with Crippen LogP contribution in [0.15, 0.2) is 18.2 Å². The van der Waals surface area contributed by atoms with E-state index < -0.39 is 0 Å². The number of hydrogen-bond donors (Lipinski definition) is 0. The maximum atomic E-state index is 12.8. The van der Waals surface area contributed by atoms with Crippen LogP contribution < -0.4 is 4.74 Å². The number of aryl methyl sites for hydroxylation is 1. The predicted molar refractivity (Wildman–Crippen MR) is 55.0 cm³/mol. The average Bonchev–Trinajstić information content (AvgIpc) is 2.12. The van der Waals surface area contributed by atoms with Gasteiger partial charge in [-0.15, -0.1) is 0 Å². The second kappa shape index (κ2) is 5.12. The fourth-order valence-electron chi connectivity index (χ4n) is 0.950. The Labute approximate surface area is 82.3 Å². The van der Waals surface area contributed by atoms with Crippen LogP contribution in [0.3, 0.4) is 0 Å². The number of thioether (sulfide) groups is 1. The van der Waals surface area contributed by atoms with Gasteiger partial charge in [0.1, 0.15) is 11.6 Å². The molecule has 3 heteroatoms. The highest BCUT2D eigenvalue weighted by Gasteiger charge is 1.98. The van der Waals surface area contributed by atoms with Crippen LogP contribution in [0.5, 0.6) is 5.75 Å². The molecule has 1 rings (SSSR count). The third-order valence-corrected chi connectivity index (χ3v) is 2.26. The summed E-state index contributed by atoms with van der Waals surface area (Å²) in [6.07, 6.45) is 2.03. The van der Waals surface area contributed by atoms with Gasteiger partial charge in [0.05, 0.1) is 6.61 Å². The van der Waals surface area contributed by atoms with Gasteiger partial charge >= 0.3 is 0 Å². The Kier molecular flexibility index (Phi) is 4.09.